The fourth-order valence-electron chi connectivity index (χ4n) is 2.61. The minimum atomic E-state index is 0.171. The van der Waals surface area contributed by atoms with Crippen molar-refractivity contribution in [1.29, 1.82) is 0 Å². The van der Waals surface area contributed by atoms with Crippen molar-refractivity contribution in [2.24, 2.45) is 7.05 Å². The van der Waals surface area contributed by atoms with Crippen LogP contribution in [0.4, 0.5) is 0 Å². The lowest BCUT2D eigenvalue weighted by molar-refractivity contribution is 0.403. The van der Waals surface area contributed by atoms with Crippen LogP contribution < -0.4 is 10.1 Å². The van der Waals surface area contributed by atoms with E-state index < -0.39 is 0 Å². The molecule has 0 fully saturated rings. The molecule has 1 aliphatic rings. The van der Waals surface area contributed by atoms with Gasteiger partial charge in [-0.15, -0.1) is 0 Å². The topological polar surface area (TPSA) is 39.1 Å². The Morgan fingerprint density at radius 3 is 3.00 bits per heavy atom. The molecule has 4 heteroatoms. The first-order valence-corrected chi connectivity index (χ1v) is 6.18. The van der Waals surface area contributed by atoms with Gasteiger partial charge in [-0.25, -0.2) is 0 Å². The highest BCUT2D eigenvalue weighted by Crippen LogP contribution is 2.33. The molecule has 2 aromatic rings. The average molecular weight is 243 g/mol. The monoisotopic (exact) mass is 243 g/mol. The molecular formula is C14H17N3O. The Hall–Kier alpha value is -1.81. The molecule has 1 aromatic heterocycles. The fourth-order valence-corrected chi connectivity index (χ4v) is 2.61. The van der Waals surface area contributed by atoms with Gasteiger partial charge in [-0.2, -0.15) is 5.10 Å². The van der Waals surface area contributed by atoms with E-state index in [2.05, 4.69) is 22.5 Å². The minimum absolute atomic E-state index is 0.171. The Kier molecular flexibility index (Phi) is 2.80. The second kappa shape index (κ2) is 4.46. The van der Waals surface area contributed by atoms with Crippen molar-refractivity contribution in [2.75, 3.05) is 13.7 Å². The lowest BCUT2D eigenvalue weighted by Crippen LogP contribution is -2.31. The number of hydrogen-bond donors (Lipinski definition) is 1. The maximum atomic E-state index is 5.45. The molecule has 0 amide bonds. The van der Waals surface area contributed by atoms with Crippen molar-refractivity contribution in [3.05, 3.63) is 47.3 Å². The largest absolute Gasteiger partial charge is 0.496 e. The van der Waals surface area contributed by atoms with Crippen LogP contribution in [0.1, 0.15) is 22.9 Å². The molecule has 1 unspecified atom stereocenters. The highest BCUT2D eigenvalue weighted by Gasteiger charge is 2.24. The van der Waals surface area contributed by atoms with E-state index in [1.54, 1.807) is 7.11 Å². The van der Waals surface area contributed by atoms with Crippen LogP contribution >= 0.6 is 0 Å². The van der Waals surface area contributed by atoms with Crippen LogP contribution in [0.2, 0.25) is 0 Å². The highest BCUT2D eigenvalue weighted by atomic mass is 16.5. The van der Waals surface area contributed by atoms with Gasteiger partial charge in [-0.05, 0) is 24.1 Å². The highest BCUT2D eigenvalue weighted by molar-refractivity contribution is 5.45. The quantitative estimate of drug-likeness (QED) is 0.872. The first-order valence-electron chi connectivity index (χ1n) is 6.18. The molecule has 2 heterocycles. The molecule has 0 aliphatic carbocycles. The third-order valence-corrected chi connectivity index (χ3v) is 3.45. The summed E-state index contributed by atoms with van der Waals surface area (Å²) in [4.78, 5) is 0. The molecular weight excluding hydrogens is 226 g/mol. The number of hydrogen-bond acceptors (Lipinski definition) is 3. The van der Waals surface area contributed by atoms with E-state index in [1.807, 2.05) is 30.1 Å². The third kappa shape index (κ3) is 1.78. The van der Waals surface area contributed by atoms with Gasteiger partial charge in [-0.1, -0.05) is 12.1 Å². The number of nitrogens with zero attached hydrogens (tertiary/aromatic N) is 2. The average Bonchev–Trinajstić information content (AvgIpc) is 2.84. The Morgan fingerprint density at radius 2 is 2.28 bits per heavy atom. The Balaban J connectivity index is 2.07. The zero-order valence-electron chi connectivity index (χ0n) is 10.7. The minimum Gasteiger partial charge on any atom is -0.496 e. The van der Waals surface area contributed by atoms with E-state index in [0.717, 1.165) is 24.4 Å². The summed E-state index contributed by atoms with van der Waals surface area (Å²) in [6.45, 7) is 0.953. The number of fused-ring (bicyclic) bond motifs is 1. The number of rotatable bonds is 2. The summed E-state index contributed by atoms with van der Waals surface area (Å²) in [6, 6.07) is 8.46. The van der Waals surface area contributed by atoms with Crippen LogP contribution in [-0.2, 0) is 13.5 Å². The predicted octanol–water partition coefficient (Wildman–Crippen LogP) is 1.66. The Bertz CT molecular complexity index is 562. The van der Waals surface area contributed by atoms with E-state index >= 15 is 0 Å². The summed E-state index contributed by atoms with van der Waals surface area (Å²) >= 11 is 0. The molecule has 0 spiro atoms. The summed E-state index contributed by atoms with van der Waals surface area (Å²) in [7, 11) is 3.67. The van der Waals surface area contributed by atoms with Gasteiger partial charge in [0.2, 0.25) is 0 Å². The lowest BCUT2D eigenvalue weighted by atomic mass is 9.92. The molecule has 1 N–H and O–H groups in total. The first-order chi connectivity index (χ1) is 8.79. The number of benzene rings is 1. The number of aryl methyl sites for hydroxylation is 1. The second-order valence-corrected chi connectivity index (χ2v) is 4.58. The van der Waals surface area contributed by atoms with Gasteiger partial charge in [0.1, 0.15) is 5.75 Å². The standard InChI is InChI=1S/C14H17N3O/c1-17-9-7-12(16-17)14-11-4-3-5-13(18-2)10(11)6-8-15-14/h3-5,7,9,14-15H,6,8H2,1-2H3. The van der Waals surface area contributed by atoms with Gasteiger partial charge < -0.3 is 10.1 Å². The number of ether oxygens (including phenoxy) is 1. The zero-order chi connectivity index (χ0) is 12.5. The summed E-state index contributed by atoms with van der Waals surface area (Å²) in [6.07, 6.45) is 2.98. The van der Waals surface area contributed by atoms with Gasteiger partial charge in [0.05, 0.1) is 18.8 Å². The van der Waals surface area contributed by atoms with E-state index in [4.69, 9.17) is 4.74 Å². The number of aromatic nitrogens is 2. The Morgan fingerprint density at radius 1 is 1.39 bits per heavy atom. The van der Waals surface area contributed by atoms with Gasteiger partial charge in [0, 0.05) is 25.4 Å². The maximum absolute atomic E-state index is 5.45. The van der Waals surface area contributed by atoms with Crippen LogP contribution in [-0.4, -0.2) is 23.4 Å². The first kappa shape index (κ1) is 11.3. The maximum Gasteiger partial charge on any atom is 0.122 e. The smallest absolute Gasteiger partial charge is 0.122 e. The van der Waals surface area contributed by atoms with Crippen LogP contribution in [0.25, 0.3) is 0 Å². The molecule has 3 rings (SSSR count). The predicted molar refractivity (Wildman–Crippen MR) is 69.8 cm³/mol. The zero-order valence-corrected chi connectivity index (χ0v) is 10.7. The third-order valence-electron chi connectivity index (χ3n) is 3.45. The van der Waals surface area contributed by atoms with Crippen LogP contribution in [0.3, 0.4) is 0 Å². The fraction of sp³-hybridized carbons (Fsp3) is 0.357. The van der Waals surface area contributed by atoms with Crippen molar-refractivity contribution in [1.82, 2.24) is 15.1 Å². The molecule has 0 saturated carbocycles. The van der Waals surface area contributed by atoms with Gasteiger partial charge in [0.25, 0.3) is 0 Å². The second-order valence-electron chi connectivity index (χ2n) is 4.58. The molecule has 0 bridgehead atoms. The number of nitrogens with one attached hydrogen (secondary N) is 1. The van der Waals surface area contributed by atoms with Crippen molar-refractivity contribution in [3.8, 4) is 5.75 Å². The molecule has 1 atom stereocenters. The van der Waals surface area contributed by atoms with Gasteiger partial charge in [-0.3, -0.25) is 4.68 Å². The van der Waals surface area contributed by atoms with Crippen LogP contribution in [0.5, 0.6) is 5.75 Å². The summed E-state index contributed by atoms with van der Waals surface area (Å²) in [5.41, 5.74) is 3.64. The van der Waals surface area contributed by atoms with Crippen LogP contribution in [0, 0.1) is 0 Å². The van der Waals surface area contributed by atoms with Crippen molar-refractivity contribution in [2.45, 2.75) is 12.5 Å². The van der Waals surface area contributed by atoms with Crippen LogP contribution in [0.15, 0.2) is 30.5 Å². The molecule has 1 aromatic carbocycles. The van der Waals surface area contributed by atoms with Crippen molar-refractivity contribution < 1.29 is 4.74 Å². The van der Waals surface area contributed by atoms with E-state index in [0.29, 0.717) is 0 Å². The van der Waals surface area contributed by atoms with Gasteiger partial charge in [0.15, 0.2) is 0 Å². The van der Waals surface area contributed by atoms with Crippen molar-refractivity contribution in [3.63, 3.8) is 0 Å². The summed E-state index contributed by atoms with van der Waals surface area (Å²) in [5.74, 6) is 0.981. The van der Waals surface area contributed by atoms with E-state index in [1.165, 1.54) is 11.1 Å². The SMILES string of the molecule is COc1cccc2c1CCNC2c1ccn(C)n1. The molecule has 0 saturated heterocycles. The molecule has 0 radical (unpaired) electrons. The molecule has 18 heavy (non-hydrogen) atoms. The Labute approximate surface area is 107 Å². The van der Waals surface area contributed by atoms with Crippen molar-refractivity contribution >= 4 is 0 Å². The van der Waals surface area contributed by atoms with E-state index in [-0.39, 0.29) is 6.04 Å². The lowest BCUT2D eigenvalue weighted by Gasteiger charge is -2.27. The van der Waals surface area contributed by atoms with E-state index in [9.17, 15) is 0 Å². The van der Waals surface area contributed by atoms with Gasteiger partial charge >= 0.3 is 0 Å². The molecule has 4 nitrogen and oxygen atoms in total. The number of methoxy groups -OCH3 is 1. The molecule has 94 valence electrons. The summed E-state index contributed by atoms with van der Waals surface area (Å²) < 4.78 is 7.29. The summed E-state index contributed by atoms with van der Waals surface area (Å²) in [5, 5.41) is 8.03. The molecule has 1 aliphatic heterocycles. The normalized spacial score (nSPS) is 18.4.